The predicted octanol–water partition coefficient (Wildman–Crippen LogP) is 1.49. The quantitative estimate of drug-likeness (QED) is 0.417. The van der Waals surface area contributed by atoms with Crippen LogP contribution in [-0.4, -0.2) is 56.2 Å². The van der Waals surface area contributed by atoms with Crippen LogP contribution in [0.5, 0.6) is 0 Å². The number of quaternary nitrogens is 1. The van der Waals surface area contributed by atoms with Gasteiger partial charge in [0.1, 0.15) is 0 Å². The molecule has 0 bridgehead atoms. The minimum absolute atomic E-state index is 0.116. The molecule has 0 aromatic carbocycles. The molecule has 0 unspecified atom stereocenters. The van der Waals surface area contributed by atoms with Crippen molar-refractivity contribution in [2.24, 2.45) is 0 Å². The smallest absolute Gasteiger partial charge is 0.311 e. The van der Waals surface area contributed by atoms with Gasteiger partial charge in [-0.25, -0.2) is 0 Å². The summed E-state index contributed by atoms with van der Waals surface area (Å²) in [7, 11) is 5.54. The molecule has 0 spiro atoms. The molecule has 0 atom stereocenters. The van der Waals surface area contributed by atoms with Crippen molar-refractivity contribution in [2.45, 2.75) is 39.2 Å². The molecule has 0 aromatic rings. The summed E-state index contributed by atoms with van der Waals surface area (Å²) in [5.74, 6) is -0.305. The van der Waals surface area contributed by atoms with Gasteiger partial charge in [0, 0.05) is 17.5 Å². The zero-order valence-electron chi connectivity index (χ0n) is 13.7. The zero-order valence-corrected chi connectivity index (χ0v) is 13.7. The number of methoxy groups -OCH3 is 1. The van der Waals surface area contributed by atoms with E-state index in [1.165, 1.54) is 7.11 Å². The Morgan fingerprint density at radius 1 is 1.25 bits per heavy atom. The largest absolute Gasteiger partial charge is 0.469 e. The highest BCUT2D eigenvalue weighted by Crippen LogP contribution is 2.13. The van der Waals surface area contributed by atoms with Gasteiger partial charge in [-0.3, -0.25) is 9.59 Å². The predicted molar refractivity (Wildman–Crippen MR) is 80.1 cm³/mol. The van der Waals surface area contributed by atoms with Gasteiger partial charge in [0.2, 0.25) is 5.91 Å². The summed E-state index contributed by atoms with van der Waals surface area (Å²) in [5.41, 5.74) is 0.217. The minimum Gasteiger partial charge on any atom is -0.469 e. The molecule has 0 aliphatic heterocycles. The van der Waals surface area contributed by atoms with E-state index in [2.05, 4.69) is 30.7 Å². The van der Waals surface area contributed by atoms with Crippen molar-refractivity contribution in [3.63, 3.8) is 0 Å². The number of ether oxygens (including phenoxy) is 1. The Labute approximate surface area is 122 Å². The number of nitrogens with zero attached hydrogens (tertiary/aromatic N) is 1. The van der Waals surface area contributed by atoms with Crippen LogP contribution in [0, 0.1) is 0 Å². The maximum absolute atomic E-state index is 11.7. The van der Waals surface area contributed by atoms with E-state index in [9.17, 15) is 9.59 Å². The maximum atomic E-state index is 11.7. The zero-order chi connectivity index (χ0) is 16.0. The molecule has 0 saturated heterocycles. The summed E-state index contributed by atoms with van der Waals surface area (Å²) in [6.45, 7) is 10.9. The van der Waals surface area contributed by atoms with Crippen molar-refractivity contribution in [1.29, 1.82) is 0 Å². The number of rotatable bonds is 8. The summed E-state index contributed by atoms with van der Waals surface area (Å²) in [4.78, 5) is 22.8. The van der Waals surface area contributed by atoms with Gasteiger partial charge in [-0.1, -0.05) is 6.58 Å². The van der Waals surface area contributed by atoms with E-state index in [-0.39, 0.29) is 17.4 Å². The SMILES string of the molecule is C=C(C)C(=O)NC(C)(C)CC[N+](C)(C)CCC(=O)OC. The van der Waals surface area contributed by atoms with E-state index in [1.807, 2.05) is 13.8 Å². The minimum atomic E-state index is -0.295. The average Bonchev–Trinajstić information content (AvgIpc) is 2.33. The number of hydrogen-bond acceptors (Lipinski definition) is 3. The number of hydrogen-bond donors (Lipinski definition) is 1. The highest BCUT2D eigenvalue weighted by Gasteiger charge is 2.26. The fourth-order valence-electron chi connectivity index (χ4n) is 1.67. The van der Waals surface area contributed by atoms with Gasteiger partial charge >= 0.3 is 5.97 Å². The lowest BCUT2D eigenvalue weighted by Gasteiger charge is -2.34. The Bertz CT molecular complexity index is 373. The third-order valence-electron chi connectivity index (χ3n) is 3.33. The van der Waals surface area contributed by atoms with Gasteiger partial charge in [0.15, 0.2) is 0 Å². The standard InChI is InChI=1S/C15H28N2O3/c1-12(2)14(19)16-15(3,4)9-11-17(5,6)10-8-13(18)20-7/h1,8-11H2,2-7H3/p+1. The molecule has 0 aliphatic rings. The van der Waals surface area contributed by atoms with Crippen LogP contribution in [0.4, 0.5) is 0 Å². The Balaban J connectivity index is 4.32. The lowest BCUT2D eigenvalue weighted by molar-refractivity contribution is -0.890. The first-order valence-corrected chi connectivity index (χ1v) is 6.86. The second-order valence-corrected chi connectivity index (χ2v) is 6.58. The summed E-state index contributed by atoms with van der Waals surface area (Å²) in [5, 5.41) is 2.96. The van der Waals surface area contributed by atoms with E-state index >= 15 is 0 Å². The Morgan fingerprint density at radius 2 is 1.80 bits per heavy atom. The highest BCUT2D eigenvalue weighted by molar-refractivity contribution is 5.92. The molecule has 5 nitrogen and oxygen atoms in total. The van der Waals surface area contributed by atoms with Crippen molar-refractivity contribution >= 4 is 11.9 Å². The third kappa shape index (κ3) is 7.94. The summed E-state index contributed by atoms with van der Waals surface area (Å²) in [6.07, 6.45) is 1.22. The fraction of sp³-hybridized carbons (Fsp3) is 0.733. The molecule has 1 amide bonds. The highest BCUT2D eigenvalue weighted by atomic mass is 16.5. The number of amides is 1. The Hall–Kier alpha value is -1.36. The van der Waals surface area contributed by atoms with Crippen molar-refractivity contribution in [3.05, 3.63) is 12.2 Å². The van der Waals surface area contributed by atoms with Crippen LogP contribution in [0.2, 0.25) is 0 Å². The first-order valence-electron chi connectivity index (χ1n) is 6.86. The van der Waals surface area contributed by atoms with Crippen molar-refractivity contribution in [3.8, 4) is 0 Å². The first-order chi connectivity index (χ1) is 8.99. The molecule has 0 aromatic heterocycles. The van der Waals surface area contributed by atoms with Crippen LogP contribution in [0.25, 0.3) is 0 Å². The van der Waals surface area contributed by atoms with E-state index in [0.29, 0.717) is 16.5 Å². The van der Waals surface area contributed by atoms with Crippen molar-refractivity contribution < 1.29 is 18.8 Å². The van der Waals surface area contributed by atoms with Gasteiger partial charge in [0.25, 0.3) is 0 Å². The van der Waals surface area contributed by atoms with E-state index in [0.717, 1.165) is 19.5 Å². The average molecular weight is 285 g/mol. The summed E-state index contributed by atoms with van der Waals surface area (Å²) < 4.78 is 5.36. The topological polar surface area (TPSA) is 55.4 Å². The van der Waals surface area contributed by atoms with Gasteiger partial charge in [0.05, 0.1) is 40.7 Å². The molecule has 0 aliphatic carbocycles. The lowest BCUT2D eigenvalue weighted by Crippen LogP contribution is -2.49. The molecule has 0 rings (SSSR count). The van der Waals surface area contributed by atoms with Crippen LogP contribution in [0.3, 0.4) is 0 Å². The monoisotopic (exact) mass is 285 g/mol. The fourth-order valence-corrected chi connectivity index (χ4v) is 1.67. The maximum Gasteiger partial charge on any atom is 0.311 e. The molecule has 0 saturated carbocycles. The van der Waals surface area contributed by atoms with Crippen molar-refractivity contribution in [1.82, 2.24) is 5.32 Å². The molecule has 1 N–H and O–H groups in total. The number of carbonyl (C=O) groups excluding carboxylic acids is 2. The molecule has 0 fully saturated rings. The molecule has 0 heterocycles. The normalized spacial score (nSPS) is 11.9. The second-order valence-electron chi connectivity index (χ2n) is 6.58. The van der Waals surface area contributed by atoms with Gasteiger partial charge in [-0.2, -0.15) is 0 Å². The summed E-state index contributed by atoms with van der Waals surface area (Å²) >= 11 is 0. The van der Waals surface area contributed by atoms with E-state index in [1.54, 1.807) is 6.92 Å². The number of nitrogens with one attached hydrogen (secondary N) is 1. The number of carbonyl (C=O) groups is 2. The van der Waals surface area contributed by atoms with Crippen LogP contribution in [-0.2, 0) is 14.3 Å². The third-order valence-corrected chi connectivity index (χ3v) is 3.33. The van der Waals surface area contributed by atoms with E-state index in [4.69, 9.17) is 0 Å². The van der Waals surface area contributed by atoms with Crippen LogP contribution in [0.1, 0.15) is 33.6 Å². The molecule has 20 heavy (non-hydrogen) atoms. The second kappa shape index (κ2) is 7.43. The lowest BCUT2D eigenvalue weighted by atomic mass is 9.99. The van der Waals surface area contributed by atoms with Crippen LogP contribution < -0.4 is 5.32 Å². The van der Waals surface area contributed by atoms with Gasteiger partial charge in [-0.05, 0) is 20.8 Å². The summed E-state index contributed by atoms with van der Waals surface area (Å²) in [6, 6.07) is 0. The van der Waals surface area contributed by atoms with Crippen LogP contribution >= 0.6 is 0 Å². The Morgan fingerprint density at radius 3 is 2.25 bits per heavy atom. The van der Waals surface area contributed by atoms with E-state index < -0.39 is 0 Å². The first kappa shape index (κ1) is 18.6. The molecule has 5 heteroatoms. The van der Waals surface area contributed by atoms with Crippen LogP contribution in [0.15, 0.2) is 12.2 Å². The van der Waals surface area contributed by atoms with Crippen molar-refractivity contribution in [2.75, 3.05) is 34.3 Å². The Kier molecular flexibility index (Phi) is 6.92. The van der Waals surface area contributed by atoms with Gasteiger partial charge < -0.3 is 14.5 Å². The molecular formula is C15H29N2O3+. The molecular weight excluding hydrogens is 256 g/mol. The molecule has 0 radical (unpaired) electrons. The van der Waals surface area contributed by atoms with Gasteiger partial charge in [-0.15, -0.1) is 0 Å². The molecule has 116 valence electrons. The number of esters is 1.